The Hall–Kier alpha value is -0.770. The number of nitrogens with two attached hydrogens (primary N) is 1. The molecule has 2 rings (SSSR count). The van der Waals surface area contributed by atoms with Crippen molar-refractivity contribution >= 4 is 27.3 Å². The van der Waals surface area contributed by atoms with Crippen molar-refractivity contribution in [3.63, 3.8) is 0 Å². The van der Waals surface area contributed by atoms with Crippen molar-refractivity contribution in [2.24, 2.45) is 5.92 Å². The van der Waals surface area contributed by atoms with E-state index >= 15 is 0 Å². The molecule has 0 aliphatic heterocycles. The maximum Gasteiger partial charge on any atom is 0.0778 e. The van der Waals surface area contributed by atoms with Crippen LogP contribution in [0.5, 0.6) is 0 Å². The molecule has 1 saturated carbocycles. The highest BCUT2D eigenvalue weighted by Crippen LogP contribution is 2.37. The predicted octanol–water partition coefficient (Wildman–Crippen LogP) is 3.05. The smallest absolute Gasteiger partial charge is 0.0778 e. The van der Waals surface area contributed by atoms with Crippen LogP contribution in [0.4, 0.5) is 11.4 Å². The Kier molecular flexibility index (Phi) is 3.38. The van der Waals surface area contributed by atoms with E-state index in [1.165, 1.54) is 12.8 Å². The molecule has 1 aromatic heterocycles. The molecule has 0 saturated heterocycles. The van der Waals surface area contributed by atoms with Crippen molar-refractivity contribution in [3.05, 3.63) is 16.9 Å². The van der Waals surface area contributed by atoms with E-state index in [9.17, 15) is 0 Å². The lowest BCUT2D eigenvalue weighted by Crippen LogP contribution is -2.33. The Balaban J connectivity index is 2.29. The lowest BCUT2D eigenvalue weighted by atomic mass is 10.2. The lowest BCUT2D eigenvalue weighted by molar-refractivity contribution is 0.644. The zero-order chi connectivity index (χ0) is 11.7. The first kappa shape index (κ1) is 11.7. The van der Waals surface area contributed by atoms with Gasteiger partial charge in [-0.3, -0.25) is 4.98 Å². The van der Waals surface area contributed by atoms with Crippen LogP contribution in [0.1, 0.15) is 26.7 Å². The van der Waals surface area contributed by atoms with E-state index in [1.807, 2.05) is 6.20 Å². The Morgan fingerprint density at radius 3 is 2.69 bits per heavy atom. The highest BCUT2D eigenvalue weighted by atomic mass is 79.9. The summed E-state index contributed by atoms with van der Waals surface area (Å²) in [5.74, 6) is 0.849. The normalized spacial score (nSPS) is 15.5. The fourth-order valence-corrected chi connectivity index (χ4v) is 2.46. The van der Waals surface area contributed by atoms with E-state index in [1.54, 1.807) is 6.20 Å². The average Bonchev–Trinajstić information content (AvgIpc) is 2.99. The molecule has 1 aliphatic rings. The van der Waals surface area contributed by atoms with E-state index in [0.29, 0.717) is 6.04 Å². The molecular formula is C12H18BrN3. The van der Waals surface area contributed by atoms with Crippen LogP contribution in [0.25, 0.3) is 0 Å². The number of pyridine rings is 1. The van der Waals surface area contributed by atoms with E-state index in [-0.39, 0.29) is 0 Å². The lowest BCUT2D eigenvalue weighted by Gasteiger charge is -2.30. The highest BCUT2D eigenvalue weighted by molar-refractivity contribution is 9.10. The second-order valence-electron chi connectivity index (χ2n) is 4.75. The van der Waals surface area contributed by atoms with Gasteiger partial charge in [-0.1, -0.05) is 0 Å². The zero-order valence-electron chi connectivity index (χ0n) is 9.78. The van der Waals surface area contributed by atoms with Crippen molar-refractivity contribution in [2.45, 2.75) is 32.7 Å². The van der Waals surface area contributed by atoms with Crippen LogP contribution in [-0.2, 0) is 0 Å². The standard InChI is InChI=1S/C12H18BrN3/c1-8(2)16(7-9-3-4-9)12-10(13)5-15-6-11(12)14/h5-6,8-9H,3-4,7,14H2,1-2H3. The number of rotatable bonds is 4. The van der Waals surface area contributed by atoms with Gasteiger partial charge in [0.05, 0.1) is 22.0 Å². The van der Waals surface area contributed by atoms with Gasteiger partial charge in [-0.25, -0.2) is 0 Å². The van der Waals surface area contributed by atoms with Crippen molar-refractivity contribution < 1.29 is 0 Å². The third-order valence-corrected chi connectivity index (χ3v) is 3.54. The van der Waals surface area contributed by atoms with Gasteiger partial charge >= 0.3 is 0 Å². The van der Waals surface area contributed by atoms with E-state index in [0.717, 1.165) is 28.3 Å². The first-order valence-electron chi connectivity index (χ1n) is 5.75. The minimum atomic E-state index is 0.460. The summed E-state index contributed by atoms with van der Waals surface area (Å²) in [6.07, 6.45) is 6.24. The fourth-order valence-electron chi connectivity index (χ4n) is 1.89. The second kappa shape index (κ2) is 4.62. The molecule has 0 amide bonds. The Labute approximate surface area is 105 Å². The number of anilines is 2. The summed E-state index contributed by atoms with van der Waals surface area (Å²) >= 11 is 3.54. The minimum Gasteiger partial charge on any atom is -0.396 e. The summed E-state index contributed by atoms with van der Waals surface area (Å²) in [6.45, 7) is 5.51. The number of halogens is 1. The summed E-state index contributed by atoms with van der Waals surface area (Å²) in [6, 6.07) is 0.460. The largest absolute Gasteiger partial charge is 0.396 e. The second-order valence-corrected chi connectivity index (χ2v) is 5.60. The number of nitrogen functional groups attached to an aromatic ring is 1. The van der Waals surface area contributed by atoms with Crippen LogP contribution < -0.4 is 10.6 Å². The molecule has 1 heterocycles. The molecule has 16 heavy (non-hydrogen) atoms. The molecular weight excluding hydrogens is 266 g/mol. The SMILES string of the molecule is CC(C)N(CC1CC1)c1c(N)cncc1Br. The third kappa shape index (κ3) is 2.48. The number of nitrogens with zero attached hydrogens (tertiary/aromatic N) is 2. The van der Waals surface area contributed by atoms with Crippen LogP contribution in [0.15, 0.2) is 16.9 Å². The quantitative estimate of drug-likeness (QED) is 0.924. The van der Waals surface area contributed by atoms with Crippen molar-refractivity contribution in [1.29, 1.82) is 0 Å². The molecule has 1 fully saturated rings. The van der Waals surface area contributed by atoms with Crippen LogP contribution in [0.2, 0.25) is 0 Å². The van der Waals surface area contributed by atoms with E-state index < -0.39 is 0 Å². The van der Waals surface area contributed by atoms with Crippen molar-refractivity contribution in [1.82, 2.24) is 4.98 Å². The molecule has 0 aromatic carbocycles. The molecule has 0 spiro atoms. The van der Waals surface area contributed by atoms with E-state index in [4.69, 9.17) is 5.73 Å². The molecule has 1 aliphatic carbocycles. The number of hydrogen-bond donors (Lipinski definition) is 1. The predicted molar refractivity (Wildman–Crippen MR) is 71.6 cm³/mol. The minimum absolute atomic E-state index is 0.460. The summed E-state index contributed by atoms with van der Waals surface area (Å²) in [4.78, 5) is 6.46. The summed E-state index contributed by atoms with van der Waals surface area (Å²) in [7, 11) is 0. The highest BCUT2D eigenvalue weighted by Gasteiger charge is 2.27. The summed E-state index contributed by atoms with van der Waals surface area (Å²) in [5.41, 5.74) is 7.87. The number of hydrogen-bond acceptors (Lipinski definition) is 3. The van der Waals surface area contributed by atoms with Gasteiger partial charge in [0.1, 0.15) is 0 Å². The number of aromatic nitrogens is 1. The molecule has 0 unspecified atom stereocenters. The van der Waals surface area contributed by atoms with Crippen molar-refractivity contribution in [3.8, 4) is 0 Å². The third-order valence-electron chi connectivity index (χ3n) is 2.96. The van der Waals surface area contributed by atoms with Gasteiger partial charge < -0.3 is 10.6 Å². The molecule has 88 valence electrons. The zero-order valence-corrected chi connectivity index (χ0v) is 11.4. The molecule has 0 bridgehead atoms. The summed E-state index contributed by atoms with van der Waals surface area (Å²) < 4.78 is 0.988. The van der Waals surface area contributed by atoms with Crippen LogP contribution in [-0.4, -0.2) is 17.6 Å². The van der Waals surface area contributed by atoms with Crippen LogP contribution in [0.3, 0.4) is 0 Å². The van der Waals surface area contributed by atoms with Gasteiger partial charge in [0.25, 0.3) is 0 Å². The molecule has 2 N–H and O–H groups in total. The monoisotopic (exact) mass is 283 g/mol. The maximum absolute atomic E-state index is 6.02. The summed E-state index contributed by atoms with van der Waals surface area (Å²) in [5, 5.41) is 0. The Bertz CT molecular complexity index is 354. The topological polar surface area (TPSA) is 42.1 Å². The molecule has 4 heteroatoms. The average molecular weight is 284 g/mol. The van der Waals surface area contributed by atoms with Gasteiger partial charge in [0, 0.05) is 18.8 Å². The van der Waals surface area contributed by atoms with Crippen molar-refractivity contribution in [2.75, 3.05) is 17.2 Å². The molecule has 3 nitrogen and oxygen atoms in total. The van der Waals surface area contributed by atoms with Gasteiger partial charge in [0.2, 0.25) is 0 Å². The van der Waals surface area contributed by atoms with Gasteiger partial charge in [0.15, 0.2) is 0 Å². The fraction of sp³-hybridized carbons (Fsp3) is 0.583. The first-order valence-corrected chi connectivity index (χ1v) is 6.54. The Morgan fingerprint density at radius 2 is 2.19 bits per heavy atom. The Morgan fingerprint density at radius 1 is 1.50 bits per heavy atom. The molecule has 1 aromatic rings. The van der Waals surface area contributed by atoms with Gasteiger partial charge in [-0.2, -0.15) is 0 Å². The first-order chi connectivity index (χ1) is 7.59. The van der Waals surface area contributed by atoms with Gasteiger partial charge in [-0.05, 0) is 48.5 Å². The van der Waals surface area contributed by atoms with Gasteiger partial charge in [-0.15, -0.1) is 0 Å². The van der Waals surface area contributed by atoms with E-state index in [2.05, 4.69) is 39.7 Å². The molecule has 0 radical (unpaired) electrons. The maximum atomic E-state index is 6.02. The molecule has 0 atom stereocenters. The van der Waals surface area contributed by atoms with Crippen LogP contribution in [0, 0.1) is 5.92 Å². The van der Waals surface area contributed by atoms with Crippen LogP contribution >= 0.6 is 15.9 Å².